The maximum atomic E-state index is 13.5. The van der Waals surface area contributed by atoms with Crippen molar-refractivity contribution in [2.24, 2.45) is 23.7 Å². The normalized spacial score (nSPS) is 18.8. The van der Waals surface area contributed by atoms with E-state index >= 15 is 0 Å². The zero-order chi connectivity index (χ0) is 22.5. The molecule has 2 aromatic rings. The molecule has 0 nitrogen and oxygen atoms in total. The maximum absolute atomic E-state index is 13.5. The fraction of sp³-hybridized carbons (Fsp3) is 0.533. The molecule has 1 aliphatic carbocycles. The van der Waals surface area contributed by atoms with E-state index in [0.29, 0.717) is 17.8 Å². The molecule has 0 N–H and O–H groups in total. The van der Waals surface area contributed by atoms with Gasteiger partial charge in [0.1, 0.15) is 5.82 Å². The average Bonchev–Trinajstić information content (AvgIpc) is 2.73. The summed E-state index contributed by atoms with van der Waals surface area (Å²) in [5, 5.41) is 0. The summed E-state index contributed by atoms with van der Waals surface area (Å²) in [5.41, 5.74) is 8.24. The van der Waals surface area contributed by atoms with Gasteiger partial charge in [0.05, 0.1) is 0 Å². The number of benzene rings is 2. The van der Waals surface area contributed by atoms with Crippen LogP contribution >= 0.6 is 0 Å². The van der Waals surface area contributed by atoms with Crippen LogP contribution in [-0.2, 0) is 19.3 Å². The predicted octanol–water partition coefficient (Wildman–Crippen LogP) is 8.42. The van der Waals surface area contributed by atoms with Gasteiger partial charge < -0.3 is 0 Å². The number of fused-ring (bicyclic) bond motifs is 1. The van der Waals surface area contributed by atoms with Crippen molar-refractivity contribution < 1.29 is 4.39 Å². The van der Waals surface area contributed by atoms with Crippen molar-refractivity contribution in [2.45, 2.75) is 79.6 Å². The summed E-state index contributed by atoms with van der Waals surface area (Å²) in [6.07, 6.45) is 8.03. The zero-order valence-electron chi connectivity index (χ0n) is 20.3. The first-order chi connectivity index (χ1) is 14.7. The van der Waals surface area contributed by atoms with Crippen LogP contribution in [0.2, 0.25) is 0 Å². The number of rotatable bonds is 9. The van der Waals surface area contributed by atoms with Crippen molar-refractivity contribution >= 4 is 0 Å². The fourth-order valence-corrected chi connectivity index (χ4v) is 5.44. The van der Waals surface area contributed by atoms with Crippen LogP contribution in [0.1, 0.15) is 74.3 Å². The van der Waals surface area contributed by atoms with Crippen molar-refractivity contribution in [3.63, 3.8) is 0 Å². The van der Waals surface area contributed by atoms with Crippen LogP contribution in [0.3, 0.4) is 0 Å². The number of halogens is 1. The van der Waals surface area contributed by atoms with Gasteiger partial charge in [-0.1, -0.05) is 62.8 Å². The molecule has 31 heavy (non-hydrogen) atoms. The van der Waals surface area contributed by atoms with E-state index in [2.05, 4.69) is 59.4 Å². The molecular weight excluding hydrogens is 379 g/mol. The number of hydrogen-bond donors (Lipinski definition) is 0. The Morgan fingerprint density at radius 1 is 1.06 bits per heavy atom. The fourth-order valence-electron chi connectivity index (χ4n) is 5.44. The summed E-state index contributed by atoms with van der Waals surface area (Å²) < 4.78 is 13.5. The lowest BCUT2D eigenvalue weighted by atomic mass is 9.74. The summed E-state index contributed by atoms with van der Waals surface area (Å²) in [6.45, 7) is 16.0. The molecular formula is C30H41F. The lowest BCUT2D eigenvalue weighted by Crippen LogP contribution is -2.22. The van der Waals surface area contributed by atoms with Gasteiger partial charge in [-0.05, 0) is 117 Å². The van der Waals surface area contributed by atoms with E-state index in [9.17, 15) is 4.39 Å². The first kappa shape index (κ1) is 23.8. The maximum Gasteiger partial charge on any atom is 0.123 e. The molecule has 168 valence electrons. The summed E-state index contributed by atoms with van der Waals surface area (Å²) in [7, 11) is 0. The molecule has 0 fully saturated rings. The zero-order valence-corrected chi connectivity index (χ0v) is 20.3. The highest BCUT2D eigenvalue weighted by Gasteiger charge is 2.25. The molecule has 1 aliphatic rings. The molecule has 0 radical (unpaired) electrons. The number of hydrogen-bond acceptors (Lipinski definition) is 0. The van der Waals surface area contributed by atoms with E-state index in [0.717, 1.165) is 31.6 Å². The van der Waals surface area contributed by atoms with E-state index in [1.165, 1.54) is 52.7 Å². The van der Waals surface area contributed by atoms with E-state index in [-0.39, 0.29) is 5.82 Å². The van der Waals surface area contributed by atoms with Gasteiger partial charge >= 0.3 is 0 Å². The van der Waals surface area contributed by atoms with Crippen molar-refractivity contribution in [1.82, 2.24) is 0 Å². The summed E-state index contributed by atoms with van der Waals surface area (Å²) in [5.74, 6) is 2.56. The number of aryl methyl sites for hydroxylation is 4. The van der Waals surface area contributed by atoms with Crippen molar-refractivity contribution in [1.29, 1.82) is 0 Å². The second-order valence-corrected chi connectivity index (χ2v) is 10.5. The molecule has 0 aromatic heterocycles. The minimum atomic E-state index is -0.0935. The lowest BCUT2D eigenvalue weighted by Gasteiger charge is -2.31. The van der Waals surface area contributed by atoms with Gasteiger partial charge in [-0.15, -0.1) is 0 Å². The molecule has 3 rings (SSSR count). The van der Waals surface area contributed by atoms with Crippen LogP contribution in [0.5, 0.6) is 0 Å². The van der Waals surface area contributed by atoms with Gasteiger partial charge in [-0.25, -0.2) is 4.39 Å². The van der Waals surface area contributed by atoms with Crippen LogP contribution in [-0.4, -0.2) is 0 Å². The standard InChI is InChI=1S/C30H41F/c1-20-7-8-23(4)26(17-20)10-9-22(3)24(5)15-21(2)16-25(6)27-11-12-29-19-30(31)14-13-28(29)18-27/h7-8,13-14,17,19,21-22,25,27H,5,9-12,15-16,18H2,1-4,6H3. The van der Waals surface area contributed by atoms with Gasteiger partial charge in [0.15, 0.2) is 0 Å². The van der Waals surface area contributed by atoms with Crippen LogP contribution in [0.15, 0.2) is 48.6 Å². The Bertz CT molecular complexity index is 893. The summed E-state index contributed by atoms with van der Waals surface area (Å²) in [6, 6.07) is 12.2. The molecule has 2 aromatic carbocycles. The highest BCUT2D eigenvalue weighted by Crippen LogP contribution is 2.35. The molecule has 0 amide bonds. The number of allylic oxidation sites excluding steroid dienone is 1. The molecule has 0 heterocycles. The summed E-state index contributed by atoms with van der Waals surface area (Å²) in [4.78, 5) is 0. The van der Waals surface area contributed by atoms with Gasteiger partial charge in [0.2, 0.25) is 0 Å². The van der Waals surface area contributed by atoms with Gasteiger partial charge in [-0.3, -0.25) is 0 Å². The third-order valence-corrected chi connectivity index (χ3v) is 7.67. The third kappa shape index (κ3) is 6.55. The Balaban J connectivity index is 1.46. The van der Waals surface area contributed by atoms with Crippen LogP contribution in [0.4, 0.5) is 4.39 Å². The topological polar surface area (TPSA) is 0 Å². The van der Waals surface area contributed by atoms with E-state index in [4.69, 9.17) is 0 Å². The van der Waals surface area contributed by atoms with Gasteiger partial charge in [-0.2, -0.15) is 0 Å². The van der Waals surface area contributed by atoms with E-state index < -0.39 is 0 Å². The molecule has 4 unspecified atom stereocenters. The Hall–Kier alpha value is -1.89. The molecule has 0 saturated heterocycles. The Kier molecular flexibility index (Phi) is 8.14. The van der Waals surface area contributed by atoms with Gasteiger partial charge in [0, 0.05) is 0 Å². The van der Waals surface area contributed by atoms with Crippen LogP contribution < -0.4 is 0 Å². The molecule has 0 aliphatic heterocycles. The molecule has 4 atom stereocenters. The van der Waals surface area contributed by atoms with Gasteiger partial charge in [0.25, 0.3) is 0 Å². The Labute approximate surface area is 190 Å². The monoisotopic (exact) mass is 420 g/mol. The van der Waals surface area contributed by atoms with Crippen molar-refractivity contribution in [3.8, 4) is 0 Å². The SMILES string of the molecule is C=C(CC(C)CC(C)C1CCc2cc(F)ccc2C1)C(C)CCc1cc(C)ccc1C. The minimum absolute atomic E-state index is 0.0935. The predicted molar refractivity (Wildman–Crippen MR) is 132 cm³/mol. The quantitative estimate of drug-likeness (QED) is 0.357. The molecule has 0 bridgehead atoms. The van der Waals surface area contributed by atoms with Crippen molar-refractivity contribution in [2.75, 3.05) is 0 Å². The molecule has 0 spiro atoms. The lowest BCUT2D eigenvalue weighted by molar-refractivity contribution is 0.267. The Morgan fingerprint density at radius 2 is 1.84 bits per heavy atom. The average molecular weight is 421 g/mol. The second-order valence-electron chi connectivity index (χ2n) is 10.5. The summed E-state index contributed by atoms with van der Waals surface area (Å²) >= 11 is 0. The van der Waals surface area contributed by atoms with E-state index in [1.807, 2.05) is 6.07 Å². The first-order valence-electron chi connectivity index (χ1n) is 12.2. The largest absolute Gasteiger partial charge is 0.207 e. The molecule has 0 saturated carbocycles. The first-order valence-corrected chi connectivity index (χ1v) is 12.2. The Morgan fingerprint density at radius 3 is 2.61 bits per heavy atom. The smallest absolute Gasteiger partial charge is 0.123 e. The van der Waals surface area contributed by atoms with Crippen molar-refractivity contribution in [3.05, 3.63) is 82.2 Å². The third-order valence-electron chi connectivity index (χ3n) is 7.67. The second kappa shape index (κ2) is 10.6. The van der Waals surface area contributed by atoms with Crippen LogP contribution in [0, 0.1) is 43.3 Å². The van der Waals surface area contributed by atoms with E-state index in [1.54, 1.807) is 12.1 Å². The van der Waals surface area contributed by atoms with Crippen LogP contribution in [0.25, 0.3) is 0 Å². The molecule has 1 heteroatoms. The highest BCUT2D eigenvalue weighted by atomic mass is 19.1. The highest BCUT2D eigenvalue weighted by molar-refractivity contribution is 5.31. The minimum Gasteiger partial charge on any atom is -0.207 e.